The molecule has 2 atom stereocenters. The number of hydrogen-bond acceptors (Lipinski definition) is 4. The average Bonchev–Trinajstić information content (AvgIpc) is 2.75. The van der Waals surface area contributed by atoms with E-state index in [1.807, 2.05) is 6.92 Å². The maximum absolute atomic E-state index is 10.0. The molecule has 2 rings (SSSR count). The molecule has 0 fully saturated rings. The van der Waals surface area contributed by atoms with Crippen LogP contribution >= 0.6 is 11.6 Å². The lowest BCUT2D eigenvalue weighted by Crippen LogP contribution is -2.18. The molecule has 1 aliphatic rings. The van der Waals surface area contributed by atoms with Gasteiger partial charge in [0.2, 0.25) is 6.79 Å². The summed E-state index contributed by atoms with van der Waals surface area (Å²) in [6, 6.07) is 3.43. The van der Waals surface area contributed by atoms with Gasteiger partial charge in [-0.25, -0.2) is 0 Å². The molecule has 0 bridgehead atoms. The van der Waals surface area contributed by atoms with Crippen LogP contribution in [-0.4, -0.2) is 18.4 Å². The van der Waals surface area contributed by atoms with E-state index in [-0.39, 0.29) is 12.7 Å². The number of fused-ring (bicyclic) bond motifs is 1. The normalized spacial score (nSPS) is 17.2. The first-order valence-electron chi connectivity index (χ1n) is 5.10. The van der Waals surface area contributed by atoms with Crippen molar-refractivity contribution in [1.82, 2.24) is 0 Å². The van der Waals surface area contributed by atoms with E-state index in [4.69, 9.17) is 26.8 Å². The second kappa shape index (κ2) is 4.49. The summed E-state index contributed by atoms with van der Waals surface area (Å²) in [5.41, 5.74) is 6.21. The first kappa shape index (κ1) is 11.5. The van der Waals surface area contributed by atoms with Gasteiger partial charge in [-0.15, -0.1) is 0 Å². The largest absolute Gasteiger partial charge is 0.454 e. The molecule has 0 spiro atoms. The summed E-state index contributed by atoms with van der Waals surface area (Å²) >= 11 is 6.02. The van der Waals surface area contributed by atoms with Gasteiger partial charge in [-0.3, -0.25) is 0 Å². The van der Waals surface area contributed by atoms with E-state index in [0.717, 1.165) is 0 Å². The highest BCUT2D eigenvalue weighted by molar-refractivity contribution is 6.32. The molecule has 16 heavy (non-hydrogen) atoms. The Labute approximate surface area is 98.9 Å². The molecule has 0 radical (unpaired) electrons. The molecule has 1 aromatic rings. The van der Waals surface area contributed by atoms with Crippen LogP contribution in [0.1, 0.15) is 18.6 Å². The van der Waals surface area contributed by atoms with E-state index < -0.39 is 6.10 Å². The molecule has 3 N–H and O–H groups in total. The van der Waals surface area contributed by atoms with Crippen molar-refractivity contribution in [1.29, 1.82) is 0 Å². The van der Waals surface area contributed by atoms with Crippen LogP contribution in [0.25, 0.3) is 0 Å². The molecule has 0 aromatic heterocycles. The lowest BCUT2D eigenvalue weighted by molar-refractivity contribution is 0.121. The van der Waals surface area contributed by atoms with Crippen LogP contribution in [0.4, 0.5) is 0 Å². The molecule has 4 nitrogen and oxygen atoms in total. The van der Waals surface area contributed by atoms with Crippen LogP contribution in [-0.2, 0) is 0 Å². The summed E-state index contributed by atoms with van der Waals surface area (Å²) in [5, 5.41) is 10.5. The zero-order valence-corrected chi connectivity index (χ0v) is 9.70. The number of benzene rings is 1. The van der Waals surface area contributed by atoms with Crippen molar-refractivity contribution < 1.29 is 14.6 Å². The van der Waals surface area contributed by atoms with Gasteiger partial charge in [0.05, 0.1) is 11.1 Å². The van der Waals surface area contributed by atoms with Crippen LogP contribution in [0, 0.1) is 5.92 Å². The van der Waals surface area contributed by atoms with Crippen LogP contribution in [0.5, 0.6) is 11.5 Å². The van der Waals surface area contributed by atoms with E-state index in [9.17, 15) is 5.11 Å². The third-order valence-electron chi connectivity index (χ3n) is 2.70. The molecule has 0 saturated heterocycles. The zero-order chi connectivity index (χ0) is 11.7. The first-order valence-corrected chi connectivity index (χ1v) is 5.48. The van der Waals surface area contributed by atoms with E-state index in [2.05, 4.69) is 0 Å². The number of hydrogen-bond donors (Lipinski definition) is 2. The fraction of sp³-hybridized carbons (Fsp3) is 0.455. The molecular formula is C11H14ClNO3. The number of aliphatic hydroxyl groups excluding tert-OH is 1. The Balaban J connectivity index is 2.33. The van der Waals surface area contributed by atoms with Crippen LogP contribution in [0.15, 0.2) is 12.1 Å². The molecule has 0 saturated carbocycles. The summed E-state index contributed by atoms with van der Waals surface area (Å²) in [6.07, 6.45) is -0.642. The quantitative estimate of drug-likeness (QED) is 0.848. The Hall–Kier alpha value is -0.970. The van der Waals surface area contributed by atoms with Crippen molar-refractivity contribution in [3.63, 3.8) is 0 Å². The van der Waals surface area contributed by atoms with Crippen LogP contribution < -0.4 is 15.2 Å². The Bertz CT molecular complexity index is 397. The zero-order valence-electron chi connectivity index (χ0n) is 8.94. The minimum Gasteiger partial charge on any atom is -0.454 e. The minimum atomic E-state index is -0.642. The Morgan fingerprint density at radius 2 is 2.25 bits per heavy atom. The summed E-state index contributed by atoms with van der Waals surface area (Å²) in [5.74, 6) is 1.08. The number of nitrogens with two attached hydrogens (primary N) is 1. The fourth-order valence-electron chi connectivity index (χ4n) is 1.62. The van der Waals surface area contributed by atoms with E-state index >= 15 is 0 Å². The average molecular weight is 244 g/mol. The van der Waals surface area contributed by atoms with Gasteiger partial charge in [0, 0.05) is 0 Å². The molecule has 1 aromatic carbocycles. The lowest BCUT2D eigenvalue weighted by Gasteiger charge is -2.18. The standard InChI is InChI=1S/C11H14ClNO3/c1-6(4-13)10(14)7-2-8(12)11-9(3-7)15-5-16-11/h2-3,6,10,14H,4-5,13H2,1H3. The maximum Gasteiger partial charge on any atom is 0.231 e. The van der Waals surface area contributed by atoms with Gasteiger partial charge in [0.1, 0.15) is 0 Å². The second-order valence-corrected chi connectivity index (χ2v) is 4.30. The highest BCUT2D eigenvalue weighted by Gasteiger charge is 2.22. The van der Waals surface area contributed by atoms with Crippen molar-refractivity contribution in [2.75, 3.05) is 13.3 Å². The Morgan fingerprint density at radius 3 is 2.94 bits per heavy atom. The van der Waals surface area contributed by atoms with Gasteiger partial charge >= 0.3 is 0 Å². The smallest absolute Gasteiger partial charge is 0.231 e. The molecular weight excluding hydrogens is 230 g/mol. The summed E-state index contributed by atoms with van der Waals surface area (Å²) < 4.78 is 10.4. The number of aliphatic hydroxyl groups is 1. The molecule has 0 amide bonds. The molecule has 88 valence electrons. The number of halogens is 1. The van der Waals surface area contributed by atoms with Crippen LogP contribution in [0.3, 0.4) is 0 Å². The molecule has 5 heteroatoms. The van der Waals surface area contributed by atoms with Gasteiger partial charge in [-0.1, -0.05) is 18.5 Å². The van der Waals surface area contributed by atoms with Crippen molar-refractivity contribution in [3.8, 4) is 11.5 Å². The molecule has 0 aliphatic carbocycles. The van der Waals surface area contributed by atoms with Gasteiger partial charge in [-0.05, 0) is 30.2 Å². The Kier molecular flexibility index (Phi) is 3.23. The lowest BCUT2D eigenvalue weighted by atomic mass is 9.97. The molecule has 2 unspecified atom stereocenters. The second-order valence-electron chi connectivity index (χ2n) is 3.89. The van der Waals surface area contributed by atoms with Gasteiger partial charge < -0.3 is 20.3 Å². The maximum atomic E-state index is 10.0. The fourth-order valence-corrected chi connectivity index (χ4v) is 1.89. The van der Waals surface area contributed by atoms with Gasteiger partial charge in [-0.2, -0.15) is 0 Å². The van der Waals surface area contributed by atoms with Crippen molar-refractivity contribution >= 4 is 11.6 Å². The van der Waals surface area contributed by atoms with Gasteiger partial charge in [0.25, 0.3) is 0 Å². The summed E-state index contributed by atoms with van der Waals surface area (Å²) in [7, 11) is 0. The van der Waals surface area contributed by atoms with Crippen molar-refractivity contribution in [3.05, 3.63) is 22.7 Å². The van der Waals surface area contributed by atoms with E-state index in [1.165, 1.54) is 0 Å². The molecule has 1 aliphatic heterocycles. The highest BCUT2D eigenvalue weighted by Crippen LogP contribution is 2.41. The summed E-state index contributed by atoms with van der Waals surface area (Å²) in [6.45, 7) is 2.46. The first-order chi connectivity index (χ1) is 7.63. The van der Waals surface area contributed by atoms with Crippen molar-refractivity contribution in [2.45, 2.75) is 13.0 Å². The topological polar surface area (TPSA) is 64.7 Å². The third-order valence-corrected chi connectivity index (χ3v) is 2.98. The molecule has 1 heterocycles. The van der Waals surface area contributed by atoms with E-state index in [0.29, 0.717) is 28.6 Å². The monoisotopic (exact) mass is 243 g/mol. The minimum absolute atomic E-state index is 0.0311. The SMILES string of the molecule is CC(CN)C(O)c1cc(Cl)c2c(c1)OCO2. The van der Waals surface area contributed by atoms with E-state index in [1.54, 1.807) is 12.1 Å². The van der Waals surface area contributed by atoms with Gasteiger partial charge in [0.15, 0.2) is 11.5 Å². The highest BCUT2D eigenvalue weighted by atomic mass is 35.5. The predicted molar refractivity (Wildman–Crippen MR) is 60.8 cm³/mol. The number of ether oxygens (including phenoxy) is 2. The van der Waals surface area contributed by atoms with Crippen LogP contribution in [0.2, 0.25) is 5.02 Å². The summed E-state index contributed by atoms with van der Waals surface area (Å²) in [4.78, 5) is 0. The third kappa shape index (κ3) is 1.96. The Morgan fingerprint density at radius 1 is 1.50 bits per heavy atom. The predicted octanol–water partition coefficient (Wildman–Crippen LogP) is 1.70. The number of rotatable bonds is 3. The van der Waals surface area contributed by atoms with Crippen molar-refractivity contribution in [2.24, 2.45) is 11.7 Å².